The Labute approximate surface area is 121 Å². The maximum atomic E-state index is 12.6. The van der Waals surface area contributed by atoms with E-state index in [1.165, 1.54) is 22.5 Å². The van der Waals surface area contributed by atoms with Crippen molar-refractivity contribution >= 4 is 15.7 Å². The molecule has 0 bridgehead atoms. The lowest BCUT2D eigenvalue weighted by molar-refractivity contribution is 0.361. The minimum Gasteiger partial charge on any atom is -0.399 e. The number of rotatable bonds is 6. The molecule has 110 valence electrons. The molecular formula is C14H21N3O2S. The first kappa shape index (κ1) is 16.5. The van der Waals surface area contributed by atoms with Crippen molar-refractivity contribution in [3.05, 3.63) is 23.8 Å². The van der Waals surface area contributed by atoms with Gasteiger partial charge in [-0.2, -0.15) is 9.57 Å². The van der Waals surface area contributed by atoms with E-state index in [0.29, 0.717) is 18.8 Å². The molecule has 0 saturated heterocycles. The fourth-order valence-electron chi connectivity index (χ4n) is 1.87. The zero-order valence-electron chi connectivity index (χ0n) is 12.1. The molecule has 0 saturated carbocycles. The van der Waals surface area contributed by atoms with Crippen LogP contribution in [0.2, 0.25) is 0 Å². The highest BCUT2D eigenvalue weighted by Gasteiger charge is 2.26. The molecule has 0 amide bonds. The van der Waals surface area contributed by atoms with Crippen LogP contribution in [0.1, 0.15) is 32.8 Å². The van der Waals surface area contributed by atoms with Crippen molar-refractivity contribution in [3.8, 4) is 6.07 Å². The van der Waals surface area contributed by atoms with Crippen LogP contribution in [0, 0.1) is 17.2 Å². The predicted molar refractivity (Wildman–Crippen MR) is 79.5 cm³/mol. The third-order valence-electron chi connectivity index (χ3n) is 3.31. The highest BCUT2D eigenvalue weighted by Crippen LogP contribution is 2.23. The minimum atomic E-state index is -3.66. The van der Waals surface area contributed by atoms with E-state index in [0.717, 1.165) is 6.42 Å². The summed E-state index contributed by atoms with van der Waals surface area (Å²) in [4.78, 5) is 0.0272. The summed E-state index contributed by atoms with van der Waals surface area (Å²) in [6, 6.07) is 6.21. The summed E-state index contributed by atoms with van der Waals surface area (Å²) in [6.45, 7) is 6.65. The Balaban J connectivity index is 3.25. The molecule has 1 aromatic carbocycles. The summed E-state index contributed by atoms with van der Waals surface area (Å²) in [6.07, 6.45) is 0.902. The molecule has 0 aromatic heterocycles. The van der Waals surface area contributed by atoms with Gasteiger partial charge in [-0.3, -0.25) is 0 Å². The fraction of sp³-hybridized carbons (Fsp3) is 0.500. The lowest BCUT2D eigenvalue weighted by atomic mass is 10.1. The summed E-state index contributed by atoms with van der Waals surface area (Å²) < 4.78 is 26.7. The quantitative estimate of drug-likeness (QED) is 0.815. The molecule has 0 aliphatic heterocycles. The average Bonchev–Trinajstić information content (AvgIpc) is 2.43. The van der Waals surface area contributed by atoms with Crippen LogP contribution in [0.5, 0.6) is 0 Å². The Kier molecular flexibility index (Phi) is 5.54. The van der Waals surface area contributed by atoms with Crippen molar-refractivity contribution in [2.45, 2.75) is 32.1 Å². The number of nitrogens with zero attached hydrogens (tertiary/aromatic N) is 2. The summed E-state index contributed by atoms with van der Waals surface area (Å²) in [5.74, 6) is 0.268. The first-order valence-corrected chi connectivity index (χ1v) is 8.10. The van der Waals surface area contributed by atoms with Crippen LogP contribution in [0.15, 0.2) is 23.1 Å². The molecular weight excluding hydrogens is 274 g/mol. The Morgan fingerprint density at radius 3 is 2.55 bits per heavy atom. The van der Waals surface area contributed by atoms with Crippen molar-refractivity contribution in [1.82, 2.24) is 4.31 Å². The number of hydrogen-bond acceptors (Lipinski definition) is 4. The SMILES string of the molecule is CCC(C)CN(CC)S(=O)(=O)c1ccc(N)cc1C#N. The molecule has 1 unspecified atom stereocenters. The first-order chi connectivity index (χ1) is 9.36. The lowest BCUT2D eigenvalue weighted by Gasteiger charge is -2.24. The standard InChI is InChI=1S/C14H21N3O2S/c1-4-11(3)10-17(5-2)20(18,19)14-7-6-13(16)8-12(14)9-15/h6-8,11H,4-5,10,16H2,1-3H3. The fourth-order valence-corrected chi connectivity index (χ4v) is 3.56. The third-order valence-corrected chi connectivity index (χ3v) is 5.31. The molecule has 0 fully saturated rings. The van der Waals surface area contributed by atoms with E-state index in [4.69, 9.17) is 11.0 Å². The van der Waals surface area contributed by atoms with Gasteiger partial charge >= 0.3 is 0 Å². The van der Waals surface area contributed by atoms with Gasteiger partial charge in [0.05, 0.1) is 5.56 Å². The van der Waals surface area contributed by atoms with E-state index in [2.05, 4.69) is 0 Å². The van der Waals surface area contributed by atoms with E-state index >= 15 is 0 Å². The third kappa shape index (κ3) is 3.50. The molecule has 1 aromatic rings. The predicted octanol–water partition coefficient (Wildman–Crippen LogP) is 2.20. The highest BCUT2D eigenvalue weighted by molar-refractivity contribution is 7.89. The van der Waals surface area contributed by atoms with Gasteiger partial charge in [-0.15, -0.1) is 0 Å². The van der Waals surface area contributed by atoms with Crippen molar-refractivity contribution in [1.29, 1.82) is 5.26 Å². The molecule has 0 aliphatic rings. The number of benzene rings is 1. The monoisotopic (exact) mass is 295 g/mol. The smallest absolute Gasteiger partial charge is 0.244 e. The van der Waals surface area contributed by atoms with Gasteiger partial charge in [0.15, 0.2) is 0 Å². The largest absolute Gasteiger partial charge is 0.399 e. The minimum absolute atomic E-state index is 0.0272. The zero-order valence-corrected chi connectivity index (χ0v) is 12.9. The van der Waals surface area contributed by atoms with Gasteiger partial charge in [-0.25, -0.2) is 8.42 Å². The number of anilines is 1. The van der Waals surface area contributed by atoms with Crippen LogP contribution in [0.3, 0.4) is 0 Å². The Bertz CT molecular complexity index is 605. The summed E-state index contributed by atoms with van der Waals surface area (Å²) in [7, 11) is -3.66. The normalized spacial score (nSPS) is 13.2. The van der Waals surface area contributed by atoms with E-state index < -0.39 is 10.0 Å². The van der Waals surface area contributed by atoms with Crippen molar-refractivity contribution in [2.75, 3.05) is 18.8 Å². The van der Waals surface area contributed by atoms with Gasteiger partial charge in [0.2, 0.25) is 10.0 Å². The second-order valence-corrected chi connectivity index (χ2v) is 6.74. The molecule has 1 rings (SSSR count). The van der Waals surface area contributed by atoms with Crippen molar-refractivity contribution in [2.24, 2.45) is 5.92 Å². The van der Waals surface area contributed by atoms with Crippen LogP contribution >= 0.6 is 0 Å². The summed E-state index contributed by atoms with van der Waals surface area (Å²) >= 11 is 0. The lowest BCUT2D eigenvalue weighted by Crippen LogP contribution is -2.35. The number of nitriles is 1. The molecule has 0 radical (unpaired) electrons. The molecule has 6 heteroatoms. The number of sulfonamides is 1. The molecule has 1 atom stereocenters. The Morgan fingerprint density at radius 1 is 1.40 bits per heavy atom. The molecule has 2 N–H and O–H groups in total. The molecule has 5 nitrogen and oxygen atoms in total. The topological polar surface area (TPSA) is 87.2 Å². The number of hydrogen-bond donors (Lipinski definition) is 1. The van der Waals surface area contributed by atoms with Crippen molar-refractivity contribution in [3.63, 3.8) is 0 Å². The first-order valence-electron chi connectivity index (χ1n) is 6.66. The summed E-state index contributed by atoms with van der Waals surface area (Å²) in [5, 5.41) is 9.10. The van der Waals surface area contributed by atoms with Crippen LogP contribution in [0.25, 0.3) is 0 Å². The van der Waals surface area contributed by atoms with Gasteiger partial charge in [0.1, 0.15) is 11.0 Å². The highest BCUT2D eigenvalue weighted by atomic mass is 32.2. The maximum Gasteiger partial charge on any atom is 0.244 e. The molecule has 0 aliphatic carbocycles. The summed E-state index contributed by atoms with van der Waals surface area (Å²) in [5.41, 5.74) is 6.07. The van der Waals surface area contributed by atoms with Gasteiger partial charge < -0.3 is 5.73 Å². The number of nitrogen functional groups attached to an aromatic ring is 1. The molecule has 0 spiro atoms. The van der Waals surface area contributed by atoms with E-state index in [9.17, 15) is 8.42 Å². The Morgan fingerprint density at radius 2 is 2.05 bits per heavy atom. The second kappa shape index (κ2) is 6.73. The van der Waals surface area contributed by atoms with E-state index in [-0.39, 0.29) is 16.4 Å². The molecule has 20 heavy (non-hydrogen) atoms. The average molecular weight is 295 g/mol. The molecule has 0 heterocycles. The van der Waals surface area contributed by atoms with Gasteiger partial charge in [-0.1, -0.05) is 27.2 Å². The van der Waals surface area contributed by atoms with Gasteiger partial charge in [0, 0.05) is 18.8 Å². The van der Waals surface area contributed by atoms with E-state index in [1.807, 2.05) is 19.9 Å². The van der Waals surface area contributed by atoms with E-state index in [1.54, 1.807) is 6.92 Å². The van der Waals surface area contributed by atoms with Crippen LogP contribution < -0.4 is 5.73 Å². The van der Waals surface area contributed by atoms with Gasteiger partial charge in [-0.05, 0) is 24.1 Å². The van der Waals surface area contributed by atoms with Gasteiger partial charge in [0.25, 0.3) is 0 Å². The second-order valence-electron chi connectivity index (χ2n) is 4.84. The zero-order chi connectivity index (χ0) is 15.3. The van der Waals surface area contributed by atoms with Crippen LogP contribution in [-0.4, -0.2) is 25.8 Å². The Hall–Kier alpha value is -1.58. The van der Waals surface area contributed by atoms with Crippen LogP contribution in [0.4, 0.5) is 5.69 Å². The van der Waals surface area contributed by atoms with Crippen molar-refractivity contribution < 1.29 is 8.42 Å². The maximum absolute atomic E-state index is 12.6. The number of nitrogens with two attached hydrogens (primary N) is 1. The van der Waals surface area contributed by atoms with Crippen LogP contribution in [-0.2, 0) is 10.0 Å².